The second-order valence-electron chi connectivity index (χ2n) is 6.07. The normalized spacial score (nSPS) is 23.1. The molecule has 4 rings (SSSR count). The van der Waals surface area contributed by atoms with Gasteiger partial charge in [-0.2, -0.15) is 11.3 Å². The minimum absolute atomic E-state index is 0.0135. The summed E-state index contributed by atoms with van der Waals surface area (Å²) in [5, 5.41) is 4.09. The highest BCUT2D eigenvalue weighted by Crippen LogP contribution is 2.42. The molecule has 0 saturated carbocycles. The van der Waals surface area contributed by atoms with Gasteiger partial charge in [0.1, 0.15) is 11.8 Å². The van der Waals surface area contributed by atoms with E-state index < -0.39 is 0 Å². The van der Waals surface area contributed by atoms with Gasteiger partial charge in [-0.05, 0) is 40.1 Å². The van der Waals surface area contributed by atoms with Crippen molar-refractivity contribution in [1.82, 2.24) is 9.80 Å². The third-order valence-corrected chi connectivity index (χ3v) is 6.24. The van der Waals surface area contributed by atoms with Gasteiger partial charge >= 0.3 is 0 Å². The third kappa shape index (κ3) is 2.91. The maximum absolute atomic E-state index is 12.9. The van der Waals surface area contributed by atoms with Crippen LogP contribution < -0.4 is 4.74 Å². The minimum atomic E-state index is -0.372. The average molecular weight is 374 g/mol. The molecule has 5 nitrogen and oxygen atoms in total. The van der Waals surface area contributed by atoms with Gasteiger partial charge in [0.25, 0.3) is 5.24 Å². The SMILES string of the molecule is COc1cccc(CN2C(=O)[C@H](N3CCSC3=O)[C@@H]2c2ccsc2)c1. The van der Waals surface area contributed by atoms with Gasteiger partial charge in [0.05, 0.1) is 13.2 Å². The Kier molecular flexibility index (Phi) is 4.43. The topological polar surface area (TPSA) is 49.9 Å². The Labute approximate surface area is 154 Å². The van der Waals surface area contributed by atoms with Crippen LogP contribution >= 0.6 is 23.1 Å². The van der Waals surface area contributed by atoms with E-state index in [-0.39, 0.29) is 23.2 Å². The molecule has 3 heterocycles. The minimum Gasteiger partial charge on any atom is -0.497 e. The molecular formula is C18H18N2O3S2. The predicted octanol–water partition coefficient (Wildman–Crippen LogP) is 3.38. The van der Waals surface area contributed by atoms with Gasteiger partial charge in [0.15, 0.2) is 0 Å². The van der Waals surface area contributed by atoms with E-state index in [1.165, 1.54) is 11.8 Å². The Balaban J connectivity index is 1.60. The molecule has 25 heavy (non-hydrogen) atoms. The second kappa shape index (κ2) is 6.72. The number of carbonyl (C=O) groups is 2. The summed E-state index contributed by atoms with van der Waals surface area (Å²) in [6.45, 7) is 1.16. The quantitative estimate of drug-likeness (QED) is 0.753. The molecule has 1 aromatic carbocycles. The maximum atomic E-state index is 12.9. The summed E-state index contributed by atoms with van der Waals surface area (Å²) in [5.41, 5.74) is 2.12. The van der Waals surface area contributed by atoms with Crippen LogP contribution in [0, 0.1) is 0 Å². The molecule has 0 unspecified atom stereocenters. The Bertz CT molecular complexity index is 793. The number of amides is 2. The van der Waals surface area contributed by atoms with Crippen LogP contribution in [0.1, 0.15) is 17.2 Å². The van der Waals surface area contributed by atoms with E-state index in [0.717, 1.165) is 22.6 Å². The average Bonchev–Trinajstić information content (AvgIpc) is 3.29. The summed E-state index contributed by atoms with van der Waals surface area (Å²) >= 11 is 2.91. The Hall–Kier alpha value is -1.99. The summed E-state index contributed by atoms with van der Waals surface area (Å²) in [5.74, 6) is 1.56. The first-order valence-corrected chi connectivity index (χ1v) is 10.0. The van der Waals surface area contributed by atoms with Crippen LogP contribution in [0.4, 0.5) is 4.79 Å². The molecule has 2 amide bonds. The summed E-state index contributed by atoms with van der Waals surface area (Å²) in [6.07, 6.45) is 0. The van der Waals surface area contributed by atoms with E-state index in [4.69, 9.17) is 4.74 Å². The maximum Gasteiger partial charge on any atom is 0.282 e. The lowest BCUT2D eigenvalue weighted by Crippen LogP contribution is -2.65. The lowest BCUT2D eigenvalue weighted by atomic mass is 9.88. The highest BCUT2D eigenvalue weighted by Gasteiger charge is 2.53. The number of ether oxygens (including phenoxy) is 1. The number of thioether (sulfide) groups is 1. The molecule has 0 spiro atoms. The van der Waals surface area contributed by atoms with E-state index in [0.29, 0.717) is 13.1 Å². The van der Waals surface area contributed by atoms with Crippen molar-refractivity contribution in [3.05, 3.63) is 52.2 Å². The Morgan fingerprint density at radius 1 is 1.24 bits per heavy atom. The number of carbonyl (C=O) groups excluding carboxylic acids is 2. The van der Waals surface area contributed by atoms with Crippen LogP contribution in [0.2, 0.25) is 0 Å². The van der Waals surface area contributed by atoms with Gasteiger partial charge in [-0.25, -0.2) is 0 Å². The molecule has 2 aliphatic heterocycles. The van der Waals surface area contributed by atoms with Crippen molar-refractivity contribution in [3.63, 3.8) is 0 Å². The molecule has 0 bridgehead atoms. The molecule has 0 aliphatic carbocycles. The van der Waals surface area contributed by atoms with E-state index in [2.05, 4.69) is 5.38 Å². The van der Waals surface area contributed by atoms with Crippen molar-refractivity contribution in [2.75, 3.05) is 19.4 Å². The number of rotatable bonds is 5. The Morgan fingerprint density at radius 2 is 2.12 bits per heavy atom. The second-order valence-corrected chi connectivity index (χ2v) is 7.90. The first-order valence-electron chi connectivity index (χ1n) is 8.08. The molecule has 2 aromatic rings. The lowest BCUT2D eigenvalue weighted by Gasteiger charge is -2.50. The zero-order chi connectivity index (χ0) is 17.4. The van der Waals surface area contributed by atoms with Crippen LogP contribution in [-0.4, -0.2) is 46.4 Å². The van der Waals surface area contributed by atoms with Crippen LogP contribution in [0.5, 0.6) is 5.75 Å². The standard InChI is InChI=1S/C18H18N2O3S2/c1-23-14-4-2-3-12(9-14)10-20-15(13-5-7-24-11-13)16(17(20)21)19-6-8-25-18(19)22/h2-5,7,9,11,15-16H,6,8,10H2,1H3/t15-,16+/m0/s1. The fourth-order valence-corrected chi connectivity index (χ4v) is 4.96. The van der Waals surface area contributed by atoms with Gasteiger partial charge in [-0.15, -0.1) is 0 Å². The zero-order valence-corrected chi connectivity index (χ0v) is 15.4. The van der Waals surface area contributed by atoms with Crippen LogP contribution in [0.15, 0.2) is 41.1 Å². The number of hydrogen-bond acceptors (Lipinski definition) is 5. The summed E-state index contributed by atoms with van der Waals surface area (Å²) < 4.78 is 5.27. The molecule has 2 fully saturated rings. The van der Waals surface area contributed by atoms with E-state index in [1.54, 1.807) is 23.3 Å². The van der Waals surface area contributed by atoms with Gasteiger partial charge in [-0.1, -0.05) is 23.9 Å². The van der Waals surface area contributed by atoms with Crippen molar-refractivity contribution < 1.29 is 14.3 Å². The summed E-state index contributed by atoms with van der Waals surface area (Å²) in [6, 6.07) is 9.35. The van der Waals surface area contributed by atoms with Gasteiger partial charge in [0, 0.05) is 18.8 Å². The number of hydrogen-bond donors (Lipinski definition) is 0. The zero-order valence-electron chi connectivity index (χ0n) is 13.8. The molecule has 7 heteroatoms. The van der Waals surface area contributed by atoms with Crippen molar-refractivity contribution in [2.45, 2.75) is 18.6 Å². The molecule has 2 saturated heterocycles. The third-order valence-electron chi connectivity index (χ3n) is 4.67. The van der Waals surface area contributed by atoms with Crippen molar-refractivity contribution >= 4 is 34.2 Å². The highest BCUT2D eigenvalue weighted by molar-refractivity contribution is 8.13. The molecule has 2 aliphatic rings. The van der Waals surface area contributed by atoms with Crippen molar-refractivity contribution in [2.24, 2.45) is 0 Å². The van der Waals surface area contributed by atoms with E-state index in [9.17, 15) is 9.59 Å². The number of methoxy groups -OCH3 is 1. The fourth-order valence-electron chi connectivity index (χ4n) is 3.44. The molecule has 0 radical (unpaired) electrons. The Morgan fingerprint density at radius 3 is 2.80 bits per heavy atom. The number of β-lactam (4-membered cyclic amide) rings is 1. The van der Waals surface area contributed by atoms with Crippen LogP contribution in [0.25, 0.3) is 0 Å². The summed E-state index contributed by atoms with van der Waals surface area (Å²) in [4.78, 5) is 28.6. The smallest absolute Gasteiger partial charge is 0.282 e. The molecular weight excluding hydrogens is 356 g/mol. The van der Waals surface area contributed by atoms with Gasteiger partial charge < -0.3 is 14.5 Å². The fraction of sp³-hybridized carbons (Fsp3) is 0.333. The van der Waals surface area contributed by atoms with E-state index >= 15 is 0 Å². The number of likely N-dealkylation sites (tertiary alicyclic amines) is 1. The predicted molar refractivity (Wildman–Crippen MR) is 99.0 cm³/mol. The van der Waals surface area contributed by atoms with Crippen molar-refractivity contribution in [3.8, 4) is 5.75 Å². The molecule has 0 N–H and O–H groups in total. The van der Waals surface area contributed by atoms with Crippen molar-refractivity contribution in [1.29, 1.82) is 0 Å². The summed E-state index contributed by atoms with van der Waals surface area (Å²) in [7, 11) is 1.63. The largest absolute Gasteiger partial charge is 0.497 e. The molecule has 1 aromatic heterocycles. The first-order chi connectivity index (χ1) is 12.2. The number of benzene rings is 1. The van der Waals surface area contributed by atoms with E-state index in [1.807, 2.05) is 40.6 Å². The van der Waals surface area contributed by atoms with Gasteiger partial charge in [-0.3, -0.25) is 9.59 Å². The number of thiophene rings is 1. The monoisotopic (exact) mass is 374 g/mol. The number of nitrogens with zero attached hydrogens (tertiary/aromatic N) is 2. The lowest BCUT2D eigenvalue weighted by molar-refractivity contribution is -0.158. The van der Waals surface area contributed by atoms with Gasteiger partial charge in [0.2, 0.25) is 5.91 Å². The van der Waals surface area contributed by atoms with Crippen LogP contribution in [-0.2, 0) is 11.3 Å². The van der Waals surface area contributed by atoms with Crippen LogP contribution in [0.3, 0.4) is 0 Å². The molecule has 2 atom stereocenters. The highest BCUT2D eigenvalue weighted by atomic mass is 32.2. The first kappa shape index (κ1) is 16.5. The molecule has 130 valence electrons.